The standard InChI is InChI=1S/C39H46N8O3/c1-22-29-14-13-26-20-31(37-44-30-19-27(21-32(50-4)35(30)45(37)3)39(49)46-18-8-10-28(40)23(46)2)47(36(26)43-29)17-7-5-6-9-24-15-16-41-34(25-11-12-25)33(24)38(48)42-22/h13-16,19-23,25,28H,5-12,17-18,40H2,1-4H3,(H,42,48)/t22-,23-,28-/m1/s1. The van der Waals surface area contributed by atoms with Crippen LogP contribution < -0.4 is 15.8 Å². The Kier molecular flexibility index (Phi) is 8.33. The van der Waals surface area contributed by atoms with Crippen molar-refractivity contribution < 1.29 is 14.3 Å². The van der Waals surface area contributed by atoms with E-state index in [0.29, 0.717) is 29.3 Å². The molecule has 2 aliphatic heterocycles. The van der Waals surface area contributed by atoms with E-state index >= 15 is 0 Å². The molecule has 3 aliphatic rings. The lowest BCUT2D eigenvalue weighted by molar-refractivity contribution is 0.0604. The highest BCUT2D eigenvalue weighted by atomic mass is 16.5. The van der Waals surface area contributed by atoms with E-state index in [1.165, 1.54) is 0 Å². The maximum absolute atomic E-state index is 13.8. The number of hydrogen-bond acceptors (Lipinski definition) is 7. The highest BCUT2D eigenvalue weighted by molar-refractivity contribution is 6.00. The third-order valence-electron chi connectivity index (χ3n) is 11.1. The number of fused-ring (bicyclic) bond motifs is 3. The molecule has 50 heavy (non-hydrogen) atoms. The molecule has 0 radical (unpaired) electrons. The van der Waals surface area contributed by atoms with Crippen LogP contribution in [0.5, 0.6) is 5.75 Å². The highest BCUT2D eigenvalue weighted by Gasteiger charge is 2.33. The predicted octanol–water partition coefficient (Wildman–Crippen LogP) is 6.04. The molecule has 3 atom stereocenters. The van der Waals surface area contributed by atoms with Crippen molar-refractivity contribution in [3.8, 4) is 17.3 Å². The number of methoxy groups -OCH3 is 1. The van der Waals surface area contributed by atoms with Gasteiger partial charge in [-0.25, -0.2) is 9.97 Å². The van der Waals surface area contributed by atoms with Gasteiger partial charge in [0.05, 0.1) is 41.3 Å². The van der Waals surface area contributed by atoms with Gasteiger partial charge in [-0.2, -0.15) is 0 Å². The largest absolute Gasteiger partial charge is 0.494 e. The molecule has 1 aromatic carbocycles. The molecular formula is C39H46N8O3. The second-order valence-corrected chi connectivity index (χ2v) is 14.4. The number of rotatable bonds is 4. The SMILES string of the molecule is COc1cc(C(=O)N2CCC[C@@H](N)[C@H]2C)cc2nc(-c3cc4ccc5nc4n3CCCCCc3ccnc(C4CC4)c3C(=O)N[C@@H]5C)n(C)c12. The van der Waals surface area contributed by atoms with Crippen LogP contribution in [0.25, 0.3) is 33.6 Å². The van der Waals surface area contributed by atoms with Crippen molar-refractivity contribution in [2.75, 3.05) is 13.7 Å². The third kappa shape index (κ3) is 5.61. The first-order valence-corrected chi connectivity index (χ1v) is 18.1. The Bertz CT molecular complexity index is 2130. The zero-order valence-electron chi connectivity index (χ0n) is 29.4. The third-order valence-corrected chi connectivity index (χ3v) is 11.1. The molecule has 0 unspecified atom stereocenters. The molecule has 3 N–H and O–H groups in total. The number of nitrogens with zero attached hydrogens (tertiary/aromatic N) is 6. The van der Waals surface area contributed by atoms with Gasteiger partial charge in [0, 0.05) is 55.3 Å². The Morgan fingerprint density at radius 3 is 2.64 bits per heavy atom. The molecule has 4 aromatic heterocycles. The van der Waals surface area contributed by atoms with Gasteiger partial charge in [-0.15, -0.1) is 0 Å². The Morgan fingerprint density at radius 1 is 1.00 bits per heavy atom. The maximum atomic E-state index is 13.8. The number of carbonyl (C=O) groups excluding carboxylic acids is 2. The van der Waals surface area contributed by atoms with Crippen molar-refractivity contribution >= 4 is 33.9 Å². The molecule has 2 bridgehead atoms. The van der Waals surface area contributed by atoms with E-state index in [9.17, 15) is 9.59 Å². The van der Waals surface area contributed by atoms with Crippen LogP contribution in [0.2, 0.25) is 0 Å². The molecule has 0 spiro atoms. The van der Waals surface area contributed by atoms with Gasteiger partial charge in [-0.3, -0.25) is 14.6 Å². The molecule has 11 heteroatoms. The maximum Gasteiger partial charge on any atom is 0.254 e. The molecule has 1 saturated carbocycles. The van der Waals surface area contributed by atoms with Gasteiger partial charge in [0.2, 0.25) is 0 Å². The zero-order valence-corrected chi connectivity index (χ0v) is 29.4. The number of benzene rings is 1. The highest BCUT2D eigenvalue weighted by Crippen LogP contribution is 2.42. The molecule has 2 fully saturated rings. The average Bonchev–Trinajstić information content (AvgIpc) is 3.83. The van der Waals surface area contributed by atoms with Crippen molar-refractivity contribution in [1.29, 1.82) is 0 Å². The second-order valence-electron chi connectivity index (χ2n) is 14.4. The number of ether oxygens (including phenoxy) is 1. The number of hydrogen-bond donors (Lipinski definition) is 2. The molecule has 2 amide bonds. The lowest BCUT2D eigenvalue weighted by Crippen LogP contribution is -2.52. The minimum absolute atomic E-state index is 0.0359. The van der Waals surface area contributed by atoms with Gasteiger partial charge in [0.25, 0.3) is 11.8 Å². The fraction of sp³-hybridized carbons (Fsp3) is 0.462. The Balaban J connectivity index is 1.18. The minimum atomic E-state index is -0.296. The normalized spacial score (nSPS) is 21.7. The van der Waals surface area contributed by atoms with Crippen molar-refractivity contribution in [1.82, 2.24) is 34.3 Å². The summed E-state index contributed by atoms with van der Waals surface area (Å²) in [6.45, 7) is 5.47. The number of imidazole rings is 1. The number of nitrogens with one attached hydrogen (secondary N) is 1. The quantitative estimate of drug-likeness (QED) is 0.238. The Morgan fingerprint density at radius 2 is 1.84 bits per heavy atom. The van der Waals surface area contributed by atoms with Crippen LogP contribution in [0.15, 0.2) is 42.6 Å². The molecule has 260 valence electrons. The summed E-state index contributed by atoms with van der Waals surface area (Å²) in [7, 11) is 3.63. The first kappa shape index (κ1) is 32.4. The van der Waals surface area contributed by atoms with E-state index < -0.39 is 0 Å². The summed E-state index contributed by atoms with van der Waals surface area (Å²) in [5.41, 5.74) is 13.8. The summed E-state index contributed by atoms with van der Waals surface area (Å²) in [5.74, 6) is 1.63. The molecule has 1 saturated heterocycles. The van der Waals surface area contributed by atoms with Crippen LogP contribution in [0, 0.1) is 0 Å². The van der Waals surface area contributed by atoms with E-state index in [0.717, 1.165) is 108 Å². The molecule has 8 rings (SSSR count). The first-order chi connectivity index (χ1) is 24.2. The zero-order chi connectivity index (χ0) is 34.7. The summed E-state index contributed by atoms with van der Waals surface area (Å²) < 4.78 is 10.2. The number of carbonyl (C=O) groups is 2. The van der Waals surface area contributed by atoms with Gasteiger partial charge in [-0.05, 0) is 101 Å². The summed E-state index contributed by atoms with van der Waals surface area (Å²) in [6, 6.07) is 11.6. The Labute approximate surface area is 292 Å². The fourth-order valence-corrected chi connectivity index (χ4v) is 8.00. The van der Waals surface area contributed by atoms with Gasteiger partial charge in [0.1, 0.15) is 16.9 Å². The monoisotopic (exact) mass is 674 g/mol. The lowest BCUT2D eigenvalue weighted by Gasteiger charge is -2.37. The van der Waals surface area contributed by atoms with Crippen molar-refractivity contribution in [2.45, 2.75) is 95.8 Å². The van der Waals surface area contributed by atoms with E-state index in [1.54, 1.807) is 7.11 Å². The van der Waals surface area contributed by atoms with Crippen molar-refractivity contribution in [2.24, 2.45) is 12.8 Å². The van der Waals surface area contributed by atoms with E-state index in [4.69, 9.17) is 20.4 Å². The first-order valence-electron chi connectivity index (χ1n) is 18.1. The molecule has 1 aliphatic carbocycles. The van der Waals surface area contributed by atoms with Crippen LogP contribution >= 0.6 is 0 Å². The van der Waals surface area contributed by atoms with Gasteiger partial charge in [0.15, 0.2) is 5.82 Å². The topological polar surface area (TPSA) is 133 Å². The number of pyridine rings is 2. The predicted molar refractivity (Wildman–Crippen MR) is 193 cm³/mol. The number of amides is 2. The van der Waals surface area contributed by atoms with E-state index in [1.807, 2.05) is 56.3 Å². The Hall–Kier alpha value is -4.77. The van der Waals surface area contributed by atoms with Crippen molar-refractivity contribution in [3.05, 3.63) is 70.7 Å². The summed E-state index contributed by atoms with van der Waals surface area (Å²) in [5, 5.41) is 4.26. The average molecular weight is 675 g/mol. The fourth-order valence-electron chi connectivity index (χ4n) is 8.00. The van der Waals surface area contributed by atoms with Crippen LogP contribution in [-0.2, 0) is 20.0 Å². The molecule has 6 heterocycles. The summed E-state index contributed by atoms with van der Waals surface area (Å²) >= 11 is 0. The lowest BCUT2D eigenvalue weighted by atomic mass is 9.97. The van der Waals surface area contributed by atoms with Gasteiger partial charge < -0.3 is 29.8 Å². The number of piperidine rings is 1. The molecule has 5 aromatic rings. The number of aryl methyl sites for hydroxylation is 3. The molecular weight excluding hydrogens is 628 g/mol. The number of nitrogens with two attached hydrogens (primary N) is 1. The smallest absolute Gasteiger partial charge is 0.254 e. The van der Waals surface area contributed by atoms with E-state index in [-0.39, 0.29) is 29.9 Å². The minimum Gasteiger partial charge on any atom is -0.494 e. The van der Waals surface area contributed by atoms with Gasteiger partial charge >= 0.3 is 0 Å². The van der Waals surface area contributed by atoms with Gasteiger partial charge in [-0.1, -0.05) is 6.42 Å². The van der Waals surface area contributed by atoms with Crippen LogP contribution in [0.1, 0.15) is 108 Å². The van der Waals surface area contributed by atoms with Crippen LogP contribution in [-0.4, -0.2) is 66.5 Å². The number of likely N-dealkylation sites (tertiary alicyclic amines) is 1. The molecule has 11 nitrogen and oxygen atoms in total. The summed E-state index contributed by atoms with van der Waals surface area (Å²) in [4.78, 5) is 44.5. The van der Waals surface area contributed by atoms with Crippen molar-refractivity contribution in [3.63, 3.8) is 0 Å². The second kappa shape index (κ2) is 12.8. The van der Waals surface area contributed by atoms with E-state index in [2.05, 4.69) is 31.6 Å². The van der Waals surface area contributed by atoms with Crippen LogP contribution in [0.3, 0.4) is 0 Å². The number of aromatic nitrogens is 5. The van der Waals surface area contributed by atoms with Crippen LogP contribution in [0.4, 0.5) is 0 Å². The summed E-state index contributed by atoms with van der Waals surface area (Å²) in [6.07, 6.45) is 9.62.